The number of nitrogens with zero attached hydrogens (tertiary/aromatic N) is 2. The van der Waals surface area contributed by atoms with Crippen LogP contribution in [-0.4, -0.2) is 40.9 Å². The van der Waals surface area contributed by atoms with Crippen LogP contribution in [0.25, 0.3) is 0 Å². The summed E-state index contributed by atoms with van der Waals surface area (Å²) in [5.74, 6) is 0.198. The second-order valence-corrected chi connectivity index (χ2v) is 5.78. The molecule has 1 saturated carbocycles. The topological polar surface area (TPSA) is 75.5 Å². The fraction of sp³-hybridized carbons (Fsp3) is 0.533. The molecule has 1 unspecified atom stereocenters. The van der Waals surface area contributed by atoms with Crippen molar-refractivity contribution in [3.05, 3.63) is 39.9 Å². The number of amides is 1. The van der Waals surface area contributed by atoms with Crippen molar-refractivity contribution in [1.29, 1.82) is 0 Å². The van der Waals surface area contributed by atoms with Crippen molar-refractivity contribution in [2.24, 2.45) is 0 Å². The average molecular weight is 289 g/mol. The van der Waals surface area contributed by atoms with E-state index in [1.165, 1.54) is 25.0 Å². The third kappa shape index (κ3) is 3.39. The number of benzene rings is 1. The molecule has 1 atom stereocenters. The molecule has 2 fully saturated rings. The van der Waals surface area contributed by atoms with E-state index in [4.69, 9.17) is 0 Å². The Morgan fingerprint density at radius 2 is 1.95 bits per heavy atom. The summed E-state index contributed by atoms with van der Waals surface area (Å²) in [6.07, 6.45) is 3.99. The number of non-ortho nitro benzene ring substituents is 1. The zero-order valence-corrected chi connectivity index (χ0v) is 11.8. The number of nitro groups is 1. The van der Waals surface area contributed by atoms with E-state index < -0.39 is 4.92 Å². The first-order valence-corrected chi connectivity index (χ1v) is 7.41. The summed E-state index contributed by atoms with van der Waals surface area (Å²) in [5, 5.41) is 14.0. The van der Waals surface area contributed by atoms with Gasteiger partial charge in [-0.1, -0.05) is 12.1 Å². The highest BCUT2D eigenvalue weighted by Crippen LogP contribution is 2.22. The largest absolute Gasteiger partial charge is 0.341 e. The molecule has 1 aliphatic heterocycles. The van der Waals surface area contributed by atoms with Crippen LogP contribution in [0, 0.1) is 10.1 Å². The van der Waals surface area contributed by atoms with Gasteiger partial charge in [-0.3, -0.25) is 14.9 Å². The predicted molar refractivity (Wildman–Crippen MR) is 77.9 cm³/mol. The molecule has 1 aromatic rings. The minimum absolute atomic E-state index is 0.00522. The lowest BCUT2D eigenvalue weighted by Gasteiger charge is -2.17. The number of rotatable bonds is 6. The lowest BCUT2D eigenvalue weighted by Crippen LogP contribution is -2.39. The summed E-state index contributed by atoms with van der Waals surface area (Å²) in [7, 11) is 0. The Kier molecular flexibility index (Phi) is 3.88. The number of hydrogen-bond donors (Lipinski definition) is 1. The first-order valence-electron chi connectivity index (χ1n) is 7.41. The van der Waals surface area contributed by atoms with E-state index in [0.717, 1.165) is 24.9 Å². The number of carbonyl (C=O) groups is 1. The van der Waals surface area contributed by atoms with E-state index in [1.54, 1.807) is 12.1 Å². The van der Waals surface area contributed by atoms with E-state index in [2.05, 4.69) is 5.32 Å². The fourth-order valence-electron chi connectivity index (χ4n) is 2.70. The van der Waals surface area contributed by atoms with Crippen molar-refractivity contribution < 1.29 is 9.72 Å². The highest BCUT2D eigenvalue weighted by molar-refractivity contribution is 5.84. The highest BCUT2D eigenvalue weighted by Gasteiger charge is 2.35. The van der Waals surface area contributed by atoms with Gasteiger partial charge in [0.15, 0.2) is 0 Å². The zero-order valence-electron chi connectivity index (χ0n) is 11.8. The monoisotopic (exact) mass is 289 g/mol. The molecule has 1 amide bonds. The van der Waals surface area contributed by atoms with Gasteiger partial charge in [-0.25, -0.2) is 0 Å². The SMILES string of the molecule is O=C1C(NC2CC2)CCN1CCc1ccc([N+](=O)[O-])cc1. The first kappa shape index (κ1) is 14.0. The molecule has 1 aromatic carbocycles. The number of hydrogen-bond acceptors (Lipinski definition) is 4. The third-order valence-corrected chi connectivity index (χ3v) is 4.13. The fourth-order valence-corrected chi connectivity index (χ4v) is 2.70. The summed E-state index contributed by atoms with van der Waals surface area (Å²) in [5.41, 5.74) is 1.12. The van der Waals surface area contributed by atoms with Gasteiger partial charge in [0.05, 0.1) is 11.0 Å². The van der Waals surface area contributed by atoms with E-state index in [1.807, 2.05) is 4.90 Å². The third-order valence-electron chi connectivity index (χ3n) is 4.13. The Labute approximate surface area is 123 Å². The summed E-state index contributed by atoms with van der Waals surface area (Å²) >= 11 is 0. The molecule has 21 heavy (non-hydrogen) atoms. The van der Waals surface area contributed by atoms with E-state index in [0.29, 0.717) is 12.6 Å². The Balaban J connectivity index is 1.50. The summed E-state index contributed by atoms with van der Waals surface area (Å²) in [4.78, 5) is 24.3. The summed E-state index contributed by atoms with van der Waals surface area (Å²) in [6, 6.07) is 7.09. The van der Waals surface area contributed by atoms with Crippen molar-refractivity contribution in [2.45, 2.75) is 37.8 Å². The molecule has 112 valence electrons. The van der Waals surface area contributed by atoms with Crippen LogP contribution in [0.1, 0.15) is 24.8 Å². The molecule has 6 nitrogen and oxygen atoms in total. The first-order chi connectivity index (χ1) is 10.1. The molecule has 3 rings (SSSR count). The predicted octanol–water partition coefficient (Wildman–Crippen LogP) is 1.49. The maximum atomic E-state index is 12.2. The van der Waals surface area contributed by atoms with Gasteiger partial charge < -0.3 is 10.2 Å². The standard InChI is InChI=1S/C15H19N3O3/c19-15-14(16-12-3-4-12)8-10-17(15)9-7-11-1-5-13(6-2-11)18(20)21/h1-2,5-6,12,14,16H,3-4,7-10H2. The molecule has 0 aromatic heterocycles. The number of likely N-dealkylation sites (tertiary alicyclic amines) is 1. The van der Waals surface area contributed by atoms with Crippen LogP contribution in [0.5, 0.6) is 0 Å². The minimum atomic E-state index is -0.401. The molecule has 1 aliphatic carbocycles. The zero-order chi connectivity index (χ0) is 14.8. The van der Waals surface area contributed by atoms with Crippen molar-refractivity contribution in [1.82, 2.24) is 10.2 Å². The maximum absolute atomic E-state index is 12.2. The molecule has 1 N–H and O–H groups in total. The molecule has 1 saturated heterocycles. The average Bonchev–Trinajstić information content (AvgIpc) is 3.23. The smallest absolute Gasteiger partial charge is 0.269 e. The van der Waals surface area contributed by atoms with Crippen LogP contribution >= 0.6 is 0 Å². The summed E-state index contributed by atoms with van der Waals surface area (Å²) in [6.45, 7) is 1.48. The Morgan fingerprint density at radius 1 is 1.24 bits per heavy atom. The summed E-state index contributed by atoms with van der Waals surface area (Å²) < 4.78 is 0. The van der Waals surface area contributed by atoms with Crippen molar-refractivity contribution >= 4 is 11.6 Å². The molecule has 0 spiro atoms. The van der Waals surface area contributed by atoms with Crippen LogP contribution in [0.3, 0.4) is 0 Å². The van der Waals surface area contributed by atoms with Gasteiger partial charge in [0.1, 0.15) is 0 Å². The van der Waals surface area contributed by atoms with Gasteiger partial charge in [-0.05, 0) is 31.2 Å². The molecular formula is C15H19N3O3. The molecule has 1 heterocycles. The van der Waals surface area contributed by atoms with Crippen LogP contribution in [0.15, 0.2) is 24.3 Å². The highest BCUT2D eigenvalue weighted by atomic mass is 16.6. The number of carbonyl (C=O) groups excluding carboxylic acids is 1. The number of nitrogens with one attached hydrogen (secondary N) is 1. The van der Waals surface area contributed by atoms with E-state index in [-0.39, 0.29) is 17.6 Å². The Morgan fingerprint density at radius 3 is 2.57 bits per heavy atom. The maximum Gasteiger partial charge on any atom is 0.269 e. The normalized spacial score (nSPS) is 21.8. The van der Waals surface area contributed by atoms with Gasteiger partial charge >= 0.3 is 0 Å². The van der Waals surface area contributed by atoms with Crippen molar-refractivity contribution in [2.75, 3.05) is 13.1 Å². The second-order valence-electron chi connectivity index (χ2n) is 5.78. The lowest BCUT2D eigenvalue weighted by atomic mass is 10.1. The van der Waals surface area contributed by atoms with Crippen molar-refractivity contribution in [3.63, 3.8) is 0 Å². The minimum Gasteiger partial charge on any atom is -0.341 e. The molecule has 2 aliphatic rings. The molecule has 0 radical (unpaired) electrons. The second kappa shape index (κ2) is 5.81. The van der Waals surface area contributed by atoms with E-state index in [9.17, 15) is 14.9 Å². The van der Waals surface area contributed by atoms with Crippen molar-refractivity contribution in [3.8, 4) is 0 Å². The van der Waals surface area contributed by atoms with E-state index >= 15 is 0 Å². The van der Waals surface area contributed by atoms with Crippen LogP contribution in [0.4, 0.5) is 5.69 Å². The molecule has 0 bridgehead atoms. The van der Waals surface area contributed by atoms with Gasteiger partial charge in [0.25, 0.3) is 5.69 Å². The van der Waals surface area contributed by atoms with Gasteiger partial charge in [0, 0.05) is 31.3 Å². The van der Waals surface area contributed by atoms with Crippen LogP contribution in [-0.2, 0) is 11.2 Å². The van der Waals surface area contributed by atoms with Gasteiger partial charge in [0.2, 0.25) is 5.91 Å². The van der Waals surface area contributed by atoms with Crippen LogP contribution < -0.4 is 5.32 Å². The number of nitro benzene ring substituents is 1. The molecular weight excluding hydrogens is 270 g/mol. The quantitative estimate of drug-likeness (QED) is 0.636. The van der Waals surface area contributed by atoms with Gasteiger partial charge in [-0.15, -0.1) is 0 Å². The Bertz CT molecular complexity index is 540. The molecule has 6 heteroatoms. The van der Waals surface area contributed by atoms with Gasteiger partial charge in [-0.2, -0.15) is 0 Å². The van der Waals surface area contributed by atoms with Crippen LogP contribution in [0.2, 0.25) is 0 Å². The Hall–Kier alpha value is -1.95. The lowest BCUT2D eigenvalue weighted by molar-refractivity contribution is -0.384.